The number of nitrogens with zero attached hydrogens (tertiary/aromatic N) is 4. The minimum absolute atomic E-state index is 0.0793. The minimum Gasteiger partial charge on any atom is -0.466 e. The highest BCUT2D eigenvalue weighted by Crippen LogP contribution is 2.28. The number of carbonyl (C=O) groups is 4. The fourth-order valence-corrected chi connectivity index (χ4v) is 5.30. The van der Waals surface area contributed by atoms with Gasteiger partial charge in [0.15, 0.2) is 0 Å². The van der Waals surface area contributed by atoms with Crippen LogP contribution in [0.4, 0.5) is 11.4 Å². The van der Waals surface area contributed by atoms with Crippen LogP contribution in [-0.2, 0) is 19.1 Å². The maximum Gasteiger partial charge on any atom is 0.306 e. The van der Waals surface area contributed by atoms with Gasteiger partial charge in [-0.1, -0.05) is 54.7 Å². The normalized spacial score (nSPS) is 13.8. The Kier molecular flexibility index (Phi) is 12.9. The van der Waals surface area contributed by atoms with Gasteiger partial charge in [-0.3, -0.25) is 19.2 Å². The lowest BCUT2D eigenvalue weighted by Gasteiger charge is -2.27. The number of nitrogens with one attached hydrogen (secondary N) is 2. The lowest BCUT2D eigenvalue weighted by atomic mass is 9.91. The van der Waals surface area contributed by atoms with Gasteiger partial charge in [0.05, 0.1) is 30.8 Å². The summed E-state index contributed by atoms with van der Waals surface area (Å²) in [5.41, 5.74) is 10.6. The molecule has 11 nitrogen and oxygen atoms in total. The van der Waals surface area contributed by atoms with Crippen LogP contribution in [-0.4, -0.2) is 54.3 Å². The van der Waals surface area contributed by atoms with Crippen molar-refractivity contribution in [2.24, 2.45) is 5.11 Å². The standard InChI is InChI=1S/C31H40N6O5/c1-3-42-30(40)19-24(23-11-6-4-7-12-23)13-10-18-37(21-29(39)34-25-14-8-5-9-15-25)31(41)27-20-26(33-22(2)38)16-17-28(27)35-36-32/h4,6-7,11-12,16-17,20,24-25H,3,5,8-10,13-15,18-19,21H2,1-2H3,(H,33,38)(H,34,39). The number of hydrogen-bond donors (Lipinski definition) is 2. The van der Waals surface area contributed by atoms with Crippen molar-refractivity contribution in [2.75, 3.05) is 25.0 Å². The molecule has 3 rings (SSSR count). The second kappa shape index (κ2) is 16.8. The number of esters is 1. The van der Waals surface area contributed by atoms with Crippen molar-refractivity contribution in [1.29, 1.82) is 0 Å². The van der Waals surface area contributed by atoms with Crippen LogP contribution in [0.25, 0.3) is 10.4 Å². The monoisotopic (exact) mass is 576 g/mol. The SMILES string of the molecule is CCOC(=O)CC(CCCN(CC(=O)NC1CCCCC1)C(=O)c1cc(NC(C)=O)ccc1N=[N+]=[N-])c1ccccc1. The van der Waals surface area contributed by atoms with Crippen LogP contribution in [0.2, 0.25) is 0 Å². The third kappa shape index (κ3) is 10.2. The first-order chi connectivity index (χ1) is 20.3. The Balaban J connectivity index is 1.83. The fraction of sp³-hybridized carbons (Fsp3) is 0.484. The summed E-state index contributed by atoms with van der Waals surface area (Å²) in [7, 11) is 0. The number of hydrogen-bond acceptors (Lipinski definition) is 6. The first-order valence-electron chi connectivity index (χ1n) is 14.6. The number of amides is 3. The van der Waals surface area contributed by atoms with Gasteiger partial charge < -0.3 is 20.3 Å². The Labute approximate surface area is 246 Å². The molecule has 0 bridgehead atoms. The van der Waals surface area contributed by atoms with E-state index in [0.29, 0.717) is 25.1 Å². The largest absolute Gasteiger partial charge is 0.466 e. The molecule has 0 radical (unpaired) electrons. The summed E-state index contributed by atoms with van der Waals surface area (Å²) < 4.78 is 5.19. The summed E-state index contributed by atoms with van der Waals surface area (Å²) in [5.74, 6) is -1.49. The van der Waals surface area contributed by atoms with Crippen LogP contribution in [0.3, 0.4) is 0 Å². The van der Waals surface area contributed by atoms with E-state index in [0.717, 1.165) is 37.7 Å². The van der Waals surface area contributed by atoms with Crippen LogP contribution >= 0.6 is 0 Å². The van der Waals surface area contributed by atoms with E-state index in [2.05, 4.69) is 20.7 Å². The first-order valence-corrected chi connectivity index (χ1v) is 14.6. The molecule has 11 heteroatoms. The van der Waals surface area contributed by atoms with E-state index in [1.165, 1.54) is 24.0 Å². The topological polar surface area (TPSA) is 154 Å². The molecule has 0 saturated heterocycles. The lowest BCUT2D eigenvalue weighted by molar-refractivity contribution is -0.143. The van der Waals surface area contributed by atoms with E-state index >= 15 is 0 Å². The summed E-state index contributed by atoms with van der Waals surface area (Å²) in [6.07, 6.45) is 6.36. The number of azide groups is 1. The van der Waals surface area contributed by atoms with Crippen LogP contribution < -0.4 is 10.6 Å². The summed E-state index contributed by atoms with van der Waals surface area (Å²) in [6, 6.07) is 14.2. The van der Waals surface area contributed by atoms with Gasteiger partial charge in [0.2, 0.25) is 11.8 Å². The zero-order chi connectivity index (χ0) is 30.3. The molecular formula is C31H40N6O5. The molecule has 0 heterocycles. The predicted molar refractivity (Wildman–Crippen MR) is 160 cm³/mol. The number of ether oxygens (including phenoxy) is 1. The predicted octanol–water partition coefficient (Wildman–Crippen LogP) is 6.00. The van der Waals surface area contributed by atoms with Crippen molar-refractivity contribution in [3.8, 4) is 0 Å². The van der Waals surface area contributed by atoms with Gasteiger partial charge >= 0.3 is 5.97 Å². The Morgan fingerprint density at radius 1 is 1.10 bits per heavy atom. The molecule has 3 amide bonds. The third-order valence-electron chi connectivity index (χ3n) is 7.26. The highest BCUT2D eigenvalue weighted by molar-refractivity contribution is 6.02. The third-order valence-corrected chi connectivity index (χ3v) is 7.26. The molecule has 2 N–H and O–H groups in total. The van der Waals surface area contributed by atoms with Gasteiger partial charge in [-0.25, -0.2) is 0 Å². The molecule has 0 spiro atoms. The van der Waals surface area contributed by atoms with Gasteiger partial charge in [-0.15, -0.1) is 0 Å². The number of carbonyl (C=O) groups excluding carboxylic acids is 4. The highest BCUT2D eigenvalue weighted by Gasteiger charge is 2.25. The molecule has 1 aliphatic rings. The second-order valence-corrected chi connectivity index (χ2v) is 10.5. The average Bonchev–Trinajstić information content (AvgIpc) is 2.97. The molecule has 42 heavy (non-hydrogen) atoms. The van der Waals surface area contributed by atoms with Crippen LogP contribution in [0.5, 0.6) is 0 Å². The fourth-order valence-electron chi connectivity index (χ4n) is 5.30. The summed E-state index contributed by atoms with van der Waals surface area (Å²) in [4.78, 5) is 55.3. The van der Waals surface area contributed by atoms with Gasteiger partial charge in [-0.05, 0) is 67.8 Å². The maximum absolute atomic E-state index is 13.9. The Morgan fingerprint density at radius 3 is 2.50 bits per heavy atom. The lowest BCUT2D eigenvalue weighted by Crippen LogP contribution is -2.45. The molecule has 1 saturated carbocycles. The molecule has 0 aromatic heterocycles. The van der Waals surface area contributed by atoms with Gasteiger partial charge in [-0.2, -0.15) is 0 Å². The van der Waals surface area contributed by atoms with Gasteiger partial charge in [0.1, 0.15) is 0 Å². The van der Waals surface area contributed by atoms with E-state index in [-0.39, 0.29) is 60.5 Å². The van der Waals surface area contributed by atoms with Crippen molar-refractivity contribution in [1.82, 2.24) is 10.2 Å². The summed E-state index contributed by atoms with van der Waals surface area (Å²) in [6.45, 7) is 3.46. The molecular weight excluding hydrogens is 536 g/mol. The molecule has 2 aromatic rings. The van der Waals surface area contributed by atoms with E-state index in [4.69, 9.17) is 10.3 Å². The number of anilines is 1. The smallest absolute Gasteiger partial charge is 0.306 e. The summed E-state index contributed by atoms with van der Waals surface area (Å²) >= 11 is 0. The highest BCUT2D eigenvalue weighted by atomic mass is 16.5. The van der Waals surface area contributed by atoms with Gasteiger partial charge in [0.25, 0.3) is 5.91 Å². The van der Waals surface area contributed by atoms with E-state index in [1.54, 1.807) is 13.0 Å². The van der Waals surface area contributed by atoms with E-state index < -0.39 is 5.91 Å². The minimum atomic E-state index is -0.495. The second-order valence-electron chi connectivity index (χ2n) is 10.5. The van der Waals surface area contributed by atoms with E-state index in [1.807, 2.05) is 30.3 Å². The first kappa shape index (κ1) is 32.1. The van der Waals surface area contributed by atoms with Crippen molar-refractivity contribution >= 4 is 35.1 Å². The van der Waals surface area contributed by atoms with Crippen LogP contribution in [0, 0.1) is 0 Å². The summed E-state index contributed by atoms with van der Waals surface area (Å²) in [5, 5.41) is 9.38. The zero-order valence-corrected chi connectivity index (χ0v) is 24.4. The van der Waals surface area contributed by atoms with Crippen molar-refractivity contribution in [3.05, 3.63) is 70.1 Å². The zero-order valence-electron chi connectivity index (χ0n) is 24.4. The van der Waals surface area contributed by atoms with E-state index in [9.17, 15) is 19.2 Å². The Morgan fingerprint density at radius 2 is 1.83 bits per heavy atom. The van der Waals surface area contributed by atoms with Crippen molar-refractivity contribution in [3.63, 3.8) is 0 Å². The van der Waals surface area contributed by atoms with Crippen LogP contribution in [0.1, 0.15) is 87.1 Å². The van der Waals surface area contributed by atoms with Crippen LogP contribution in [0.15, 0.2) is 53.6 Å². The Hall–Kier alpha value is -4.37. The molecule has 0 aliphatic heterocycles. The molecule has 1 atom stereocenters. The Bertz CT molecular complexity index is 1270. The molecule has 224 valence electrons. The quantitative estimate of drug-likeness (QED) is 0.122. The molecule has 1 fully saturated rings. The molecule has 2 aromatic carbocycles. The van der Waals surface area contributed by atoms with Crippen molar-refractivity contribution in [2.45, 2.75) is 77.2 Å². The number of rotatable bonds is 14. The molecule has 1 aliphatic carbocycles. The number of benzene rings is 2. The average molecular weight is 577 g/mol. The van der Waals surface area contributed by atoms with Gasteiger partial charge in [0, 0.05) is 30.1 Å². The van der Waals surface area contributed by atoms with Crippen molar-refractivity contribution < 1.29 is 23.9 Å². The maximum atomic E-state index is 13.9. The molecule has 1 unspecified atom stereocenters.